The van der Waals surface area contributed by atoms with Crippen molar-refractivity contribution in [2.45, 2.75) is 37.1 Å². The fourth-order valence-electron chi connectivity index (χ4n) is 4.23. The van der Waals surface area contributed by atoms with Crippen molar-refractivity contribution in [3.05, 3.63) is 89.7 Å². The van der Waals surface area contributed by atoms with Gasteiger partial charge in [0.15, 0.2) is 11.0 Å². The van der Waals surface area contributed by atoms with Crippen LogP contribution in [0.5, 0.6) is 0 Å². The van der Waals surface area contributed by atoms with Crippen LogP contribution in [0.15, 0.2) is 78.2 Å². The highest BCUT2D eigenvalue weighted by Crippen LogP contribution is 2.39. The van der Waals surface area contributed by atoms with E-state index < -0.39 is 0 Å². The van der Waals surface area contributed by atoms with E-state index in [4.69, 9.17) is 0 Å². The second-order valence-electron chi connectivity index (χ2n) is 8.59. The van der Waals surface area contributed by atoms with Crippen molar-refractivity contribution >= 4 is 17.7 Å². The molecule has 0 aliphatic carbocycles. The quantitative estimate of drug-likeness (QED) is 0.354. The first kappa shape index (κ1) is 22.3. The van der Waals surface area contributed by atoms with Gasteiger partial charge in [0.1, 0.15) is 5.25 Å². The van der Waals surface area contributed by atoms with Crippen LogP contribution in [0.4, 0.5) is 0 Å². The lowest BCUT2D eigenvalue weighted by molar-refractivity contribution is -0.129. The Morgan fingerprint density at radius 2 is 1.65 bits per heavy atom. The molecule has 1 aliphatic rings. The summed E-state index contributed by atoms with van der Waals surface area (Å²) in [5.74, 6) is 0.863. The molecule has 0 spiro atoms. The first-order valence-electron chi connectivity index (χ1n) is 11.6. The Bertz CT molecular complexity index is 1280. The van der Waals surface area contributed by atoms with Gasteiger partial charge in [-0.2, -0.15) is 0 Å². The molecule has 0 unspecified atom stereocenters. The number of pyridine rings is 1. The molecule has 1 aliphatic heterocycles. The highest BCUT2D eigenvalue weighted by molar-refractivity contribution is 8.00. The lowest BCUT2D eigenvalue weighted by atomic mass is 10.1. The van der Waals surface area contributed by atoms with Crippen molar-refractivity contribution in [1.29, 1.82) is 0 Å². The van der Waals surface area contributed by atoms with Gasteiger partial charge in [0.25, 0.3) is 0 Å². The van der Waals surface area contributed by atoms with E-state index >= 15 is 0 Å². The number of benzene rings is 2. The Morgan fingerprint density at radius 1 is 0.912 bits per heavy atom. The van der Waals surface area contributed by atoms with Crippen molar-refractivity contribution in [2.24, 2.45) is 0 Å². The summed E-state index contributed by atoms with van der Waals surface area (Å²) >= 11 is 1.47. The summed E-state index contributed by atoms with van der Waals surface area (Å²) in [5.41, 5.74) is 5.29. The molecule has 0 bridgehead atoms. The molecule has 5 rings (SSSR count). The van der Waals surface area contributed by atoms with E-state index in [0.29, 0.717) is 5.16 Å². The van der Waals surface area contributed by atoms with Crippen LogP contribution in [0.25, 0.3) is 17.1 Å². The van der Waals surface area contributed by atoms with Crippen molar-refractivity contribution in [3.63, 3.8) is 0 Å². The number of rotatable bonds is 6. The van der Waals surface area contributed by atoms with Gasteiger partial charge in [0.2, 0.25) is 5.91 Å². The fourth-order valence-corrected chi connectivity index (χ4v) is 5.37. The largest absolute Gasteiger partial charge is 0.341 e. The van der Waals surface area contributed by atoms with Crippen molar-refractivity contribution in [1.82, 2.24) is 24.6 Å². The molecule has 1 saturated heterocycles. The molecule has 7 heteroatoms. The third-order valence-electron chi connectivity index (χ3n) is 6.29. The minimum Gasteiger partial charge on any atom is -0.341 e. The monoisotopic (exact) mass is 469 g/mol. The fraction of sp³-hybridized carbons (Fsp3) is 0.259. The molecule has 0 radical (unpaired) electrons. The van der Waals surface area contributed by atoms with Gasteiger partial charge in [-0.15, -0.1) is 10.2 Å². The Balaban J connectivity index is 1.61. The first-order valence-corrected chi connectivity index (χ1v) is 12.4. The van der Waals surface area contributed by atoms with Gasteiger partial charge in [-0.3, -0.25) is 14.3 Å². The molecule has 0 N–H and O–H groups in total. The number of hydrogen-bond donors (Lipinski definition) is 0. The predicted octanol–water partition coefficient (Wildman–Crippen LogP) is 5.40. The summed E-state index contributed by atoms with van der Waals surface area (Å²) in [6.07, 6.45) is 5.63. The molecule has 3 heterocycles. The SMILES string of the molecule is Cc1ccc(-n2c(S[C@@H](C(=O)N3CCCC3)c3ccccc3)nnc2-c2ccncc2)cc1C. The minimum atomic E-state index is -0.390. The molecule has 172 valence electrons. The average Bonchev–Trinajstić information content (AvgIpc) is 3.56. The van der Waals surface area contributed by atoms with E-state index in [2.05, 4.69) is 51.8 Å². The summed E-state index contributed by atoms with van der Waals surface area (Å²) in [7, 11) is 0. The van der Waals surface area contributed by atoms with Gasteiger partial charge < -0.3 is 4.90 Å². The maximum atomic E-state index is 13.6. The van der Waals surface area contributed by atoms with E-state index in [1.54, 1.807) is 12.4 Å². The average molecular weight is 470 g/mol. The smallest absolute Gasteiger partial charge is 0.240 e. The maximum Gasteiger partial charge on any atom is 0.240 e. The number of likely N-dealkylation sites (tertiary alicyclic amines) is 1. The Labute approximate surface area is 204 Å². The second-order valence-corrected chi connectivity index (χ2v) is 9.66. The number of amides is 1. The minimum absolute atomic E-state index is 0.133. The number of aryl methyl sites for hydroxylation is 2. The number of nitrogens with zero attached hydrogens (tertiary/aromatic N) is 5. The summed E-state index contributed by atoms with van der Waals surface area (Å²) in [5, 5.41) is 9.44. The predicted molar refractivity (Wildman–Crippen MR) is 135 cm³/mol. The molecule has 1 atom stereocenters. The maximum absolute atomic E-state index is 13.6. The van der Waals surface area contributed by atoms with Gasteiger partial charge >= 0.3 is 0 Å². The Hall–Kier alpha value is -3.45. The van der Waals surface area contributed by atoms with Crippen LogP contribution in [0.3, 0.4) is 0 Å². The van der Waals surface area contributed by atoms with Crippen LogP contribution in [-0.4, -0.2) is 43.6 Å². The van der Waals surface area contributed by atoms with Crippen LogP contribution < -0.4 is 0 Å². The number of hydrogen-bond acceptors (Lipinski definition) is 5. The summed E-state index contributed by atoms with van der Waals surface area (Å²) in [6, 6.07) is 20.2. The van der Waals surface area contributed by atoms with Crippen molar-refractivity contribution in [2.75, 3.05) is 13.1 Å². The number of carbonyl (C=O) groups is 1. The topological polar surface area (TPSA) is 63.9 Å². The van der Waals surface area contributed by atoms with Gasteiger partial charge in [0.05, 0.1) is 5.69 Å². The van der Waals surface area contributed by atoms with Crippen LogP contribution in [-0.2, 0) is 4.79 Å². The zero-order chi connectivity index (χ0) is 23.5. The molecule has 1 amide bonds. The van der Waals surface area contributed by atoms with Gasteiger partial charge in [-0.25, -0.2) is 0 Å². The van der Waals surface area contributed by atoms with Crippen molar-refractivity contribution in [3.8, 4) is 17.1 Å². The van der Waals surface area contributed by atoms with Crippen LogP contribution in [0.2, 0.25) is 0 Å². The normalized spacial score (nSPS) is 14.4. The van der Waals surface area contributed by atoms with Gasteiger partial charge in [0, 0.05) is 31.0 Å². The van der Waals surface area contributed by atoms with E-state index in [-0.39, 0.29) is 11.2 Å². The summed E-state index contributed by atoms with van der Waals surface area (Å²) in [4.78, 5) is 19.7. The second kappa shape index (κ2) is 9.81. The molecule has 1 fully saturated rings. The number of carbonyl (C=O) groups excluding carboxylic acids is 1. The zero-order valence-electron chi connectivity index (χ0n) is 19.4. The molecular weight excluding hydrogens is 442 g/mol. The molecule has 34 heavy (non-hydrogen) atoms. The third-order valence-corrected chi connectivity index (χ3v) is 7.47. The molecule has 2 aromatic heterocycles. The standard InChI is InChI=1S/C27H27N5OS/c1-19-10-11-23(18-20(19)2)32-25(22-12-14-28-15-13-22)29-30-27(32)34-24(21-8-4-3-5-9-21)26(33)31-16-6-7-17-31/h3-5,8-15,18,24H,6-7,16-17H2,1-2H3/t24-/m1/s1. The van der Waals surface area contributed by atoms with Gasteiger partial charge in [-0.05, 0) is 67.6 Å². The third kappa shape index (κ3) is 4.48. The highest BCUT2D eigenvalue weighted by atomic mass is 32.2. The highest BCUT2D eigenvalue weighted by Gasteiger charge is 2.31. The molecule has 0 saturated carbocycles. The number of aromatic nitrogens is 4. The molecular formula is C27H27N5OS. The zero-order valence-corrected chi connectivity index (χ0v) is 20.2. The summed E-state index contributed by atoms with van der Waals surface area (Å²) < 4.78 is 2.06. The van der Waals surface area contributed by atoms with Gasteiger partial charge in [-0.1, -0.05) is 48.2 Å². The molecule has 4 aromatic rings. The first-order chi connectivity index (χ1) is 16.6. The van der Waals surface area contributed by atoms with Crippen LogP contribution in [0, 0.1) is 13.8 Å². The lowest BCUT2D eigenvalue weighted by Crippen LogP contribution is -2.31. The lowest BCUT2D eigenvalue weighted by Gasteiger charge is -2.23. The molecule has 2 aromatic carbocycles. The van der Waals surface area contributed by atoms with Crippen LogP contribution >= 0.6 is 11.8 Å². The Morgan fingerprint density at radius 3 is 2.35 bits per heavy atom. The van der Waals surface area contributed by atoms with Crippen LogP contribution in [0.1, 0.15) is 34.8 Å². The van der Waals surface area contributed by atoms with E-state index in [9.17, 15) is 4.79 Å². The van der Waals surface area contributed by atoms with E-state index in [1.165, 1.54) is 22.9 Å². The van der Waals surface area contributed by atoms with E-state index in [1.807, 2.05) is 47.4 Å². The number of thioether (sulfide) groups is 1. The Kier molecular flexibility index (Phi) is 6.45. The molecule has 6 nitrogen and oxygen atoms in total. The summed E-state index contributed by atoms with van der Waals surface area (Å²) in [6.45, 7) is 5.83. The van der Waals surface area contributed by atoms with Crippen molar-refractivity contribution < 1.29 is 4.79 Å². The van der Waals surface area contributed by atoms with E-state index in [0.717, 1.165) is 48.6 Å².